The van der Waals surface area contributed by atoms with Crippen molar-refractivity contribution in [3.63, 3.8) is 0 Å². The van der Waals surface area contributed by atoms with Crippen molar-refractivity contribution in [2.24, 2.45) is 11.7 Å². The molecule has 3 N–H and O–H groups in total. The molecular formula is C16H23FN2O. The zero-order valence-electron chi connectivity index (χ0n) is 12.2. The van der Waals surface area contributed by atoms with Gasteiger partial charge in [-0.25, -0.2) is 4.39 Å². The fourth-order valence-electron chi connectivity index (χ4n) is 2.94. The van der Waals surface area contributed by atoms with E-state index in [1.54, 1.807) is 26.0 Å². The number of hydrogen-bond donors (Lipinski definition) is 2. The first-order chi connectivity index (χ1) is 9.49. The minimum atomic E-state index is -0.172. The molecule has 1 aliphatic carbocycles. The Hall–Kier alpha value is -1.42. The van der Waals surface area contributed by atoms with E-state index in [1.807, 2.05) is 0 Å². The third kappa shape index (κ3) is 3.37. The van der Waals surface area contributed by atoms with E-state index in [9.17, 15) is 9.18 Å². The normalized spacial score (nSPS) is 22.6. The van der Waals surface area contributed by atoms with Crippen LogP contribution in [0.4, 0.5) is 4.39 Å². The number of benzene rings is 1. The molecule has 2 rings (SSSR count). The molecule has 0 heterocycles. The lowest BCUT2D eigenvalue weighted by molar-refractivity contribution is -0.126. The molecule has 0 aliphatic heterocycles. The van der Waals surface area contributed by atoms with Gasteiger partial charge in [0, 0.05) is 12.6 Å². The third-order valence-corrected chi connectivity index (χ3v) is 4.12. The van der Waals surface area contributed by atoms with Crippen molar-refractivity contribution in [3.05, 3.63) is 34.6 Å². The van der Waals surface area contributed by atoms with Crippen molar-refractivity contribution in [1.82, 2.24) is 5.32 Å². The van der Waals surface area contributed by atoms with E-state index in [-0.39, 0.29) is 23.7 Å². The fraction of sp³-hybridized carbons (Fsp3) is 0.562. The molecule has 1 aliphatic rings. The maximum absolute atomic E-state index is 13.5. The Balaban J connectivity index is 1.96. The Bertz CT molecular complexity index is 478. The summed E-state index contributed by atoms with van der Waals surface area (Å²) in [5.74, 6) is -0.224. The van der Waals surface area contributed by atoms with Crippen LogP contribution in [0.5, 0.6) is 0 Å². The van der Waals surface area contributed by atoms with Gasteiger partial charge in [0.15, 0.2) is 0 Å². The first kappa shape index (κ1) is 15.0. The molecule has 1 fully saturated rings. The van der Waals surface area contributed by atoms with Crippen molar-refractivity contribution in [1.29, 1.82) is 0 Å². The van der Waals surface area contributed by atoms with E-state index in [2.05, 4.69) is 5.32 Å². The van der Waals surface area contributed by atoms with Gasteiger partial charge in [-0.1, -0.05) is 25.0 Å². The van der Waals surface area contributed by atoms with Crippen LogP contribution in [0, 0.1) is 25.6 Å². The van der Waals surface area contributed by atoms with Crippen LogP contribution in [-0.2, 0) is 11.3 Å². The second-order valence-electron chi connectivity index (χ2n) is 5.82. The lowest BCUT2D eigenvalue weighted by Gasteiger charge is -2.27. The number of carbonyl (C=O) groups is 1. The number of nitrogens with two attached hydrogens (primary N) is 1. The molecule has 0 radical (unpaired) electrons. The molecule has 4 heteroatoms. The average molecular weight is 278 g/mol. The topological polar surface area (TPSA) is 55.1 Å². The summed E-state index contributed by atoms with van der Waals surface area (Å²) in [6, 6.07) is 3.53. The highest BCUT2D eigenvalue weighted by Crippen LogP contribution is 2.23. The van der Waals surface area contributed by atoms with E-state index >= 15 is 0 Å². The summed E-state index contributed by atoms with van der Waals surface area (Å²) >= 11 is 0. The van der Waals surface area contributed by atoms with Crippen LogP contribution in [0.2, 0.25) is 0 Å². The predicted molar refractivity (Wildman–Crippen MR) is 77.7 cm³/mol. The predicted octanol–water partition coefficient (Wildman–Crippen LogP) is 2.58. The van der Waals surface area contributed by atoms with E-state index in [0.29, 0.717) is 17.7 Å². The molecule has 110 valence electrons. The Morgan fingerprint density at radius 1 is 1.30 bits per heavy atom. The number of rotatable bonds is 3. The van der Waals surface area contributed by atoms with E-state index in [4.69, 9.17) is 5.73 Å². The number of aryl methyl sites for hydroxylation is 2. The van der Waals surface area contributed by atoms with Crippen LogP contribution < -0.4 is 11.1 Å². The fourth-order valence-corrected chi connectivity index (χ4v) is 2.94. The number of amides is 1. The van der Waals surface area contributed by atoms with E-state index in [0.717, 1.165) is 31.2 Å². The van der Waals surface area contributed by atoms with Gasteiger partial charge in [-0.15, -0.1) is 0 Å². The van der Waals surface area contributed by atoms with Crippen molar-refractivity contribution < 1.29 is 9.18 Å². The van der Waals surface area contributed by atoms with Crippen molar-refractivity contribution in [2.45, 2.75) is 52.1 Å². The zero-order valence-corrected chi connectivity index (χ0v) is 12.2. The SMILES string of the molecule is Cc1cc(CNC(=O)C2CCCCC2N)cc(C)c1F. The summed E-state index contributed by atoms with van der Waals surface area (Å²) in [5.41, 5.74) is 8.17. The van der Waals surface area contributed by atoms with Gasteiger partial charge in [0.05, 0.1) is 5.92 Å². The quantitative estimate of drug-likeness (QED) is 0.893. The Labute approximate surface area is 119 Å². The molecule has 1 aromatic rings. The molecule has 2 atom stereocenters. The number of nitrogens with one attached hydrogen (secondary N) is 1. The second kappa shape index (κ2) is 6.35. The van der Waals surface area contributed by atoms with Gasteiger partial charge in [0.25, 0.3) is 0 Å². The Morgan fingerprint density at radius 3 is 2.50 bits per heavy atom. The molecule has 20 heavy (non-hydrogen) atoms. The van der Waals surface area contributed by atoms with Gasteiger partial charge in [-0.2, -0.15) is 0 Å². The lowest BCUT2D eigenvalue weighted by Crippen LogP contribution is -2.43. The second-order valence-corrected chi connectivity index (χ2v) is 5.82. The van der Waals surface area contributed by atoms with Crippen molar-refractivity contribution >= 4 is 5.91 Å². The summed E-state index contributed by atoms with van der Waals surface area (Å²) in [6.45, 7) is 3.92. The first-order valence-corrected chi connectivity index (χ1v) is 7.28. The van der Waals surface area contributed by atoms with Gasteiger partial charge in [0.2, 0.25) is 5.91 Å². The summed E-state index contributed by atoms with van der Waals surface area (Å²) in [6.07, 6.45) is 3.98. The van der Waals surface area contributed by atoms with Crippen LogP contribution in [0.3, 0.4) is 0 Å². The van der Waals surface area contributed by atoms with Gasteiger partial charge in [0.1, 0.15) is 5.82 Å². The average Bonchev–Trinajstić information content (AvgIpc) is 2.42. The smallest absolute Gasteiger partial charge is 0.224 e. The number of halogens is 1. The summed E-state index contributed by atoms with van der Waals surface area (Å²) < 4.78 is 13.5. The van der Waals surface area contributed by atoms with Crippen LogP contribution >= 0.6 is 0 Å². The largest absolute Gasteiger partial charge is 0.352 e. The molecule has 3 nitrogen and oxygen atoms in total. The maximum atomic E-state index is 13.5. The molecule has 0 bridgehead atoms. The number of hydrogen-bond acceptors (Lipinski definition) is 2. The highest BCUT2D eigenvalue weighted by molar-refractivity contribution is 5.79. The van der Waals surface area contributed by atoms with Crippen molar-refractivity contribution in [3.8, 4) is 0 Å². The van der Waals surface area contributed by atoms with Crippen LogP contribution in [0.25, 0.3) is 0 Å². The number of carbonyl (C=O) groups excluding carboxylic acids is 1. The van der Waals surface area contributed by atoms with Gasteiger partial charge in [-0.3, -0.25) is 4.79 Å². The highest BCUT2D eigenvalue weighted by Gasteiger charge is 2.27. The molecule has 0 saturated heterocycles. The maximum Gasteiger partial charge on any atom is 0.224 e. The van der Waals surface area contributed by atoms with Gasteiger partial charge >= 0.3 is 0 Å². The molecular weight excluding hydrogens is 255 g/mol. The van der Waals surface area contributed by atoms with Crippen LogP contribution in [0.1, 0.15) is 42.4 Å². The van der Waals surface area contributed by atoms with Crippen molar-refractivity contribution in [2.75, 3.05) is 0 Å². The molecule has 0 aromatic heterocycles. The molecule has 0 spiro atoms. The lowest BCUT2D eigenvalue weighted by atomic mass is 9.84. The minimum absolute atomic E-state index is 0.0248. The molecule has 1 aromatic carbocycles. The monoisotopic (exact) mass is 278 g/mol. The van der Waals surface area contributed by atoms with E-state index < -0.39 is 0 Å². The molecule has 1 saturated carbocycles. The Kier molecular flexibility index (Phi) is 4.76. The third-order valence-electron chi connectivity index (χ3n) is 4.12. The standard InChI is InChI=1S/C16H23FN2O/c1-10-7-12(8-11(2)15(10)17)9-19-16(20)13-5-3-4-6-14(13)18/h7-8,13-14H,3-6,9,18H2,1-2H3,(H,19,20). The van der Waals surface area contributed by atoms with E-state index in [1.165, 1.54) is 0 Å². The zero-order chi connectivity index (χ0) is 14.7. The summed E-state index contributed by atoms with van der Waals surface area (Å²) in [5, 5.41) is 2.93. The molecule has 1 amide bonds. The summed E-state index contributed by atoms with van der Waals surface area (Å²) in [4.78, 5) is 12.2. The van der Waals surface area contributed by atoms with Crippen LogP contribution in [-0.4, -0.2) is 11.9 Å². The molecule has 2 unspecified atom stereocenters. The van der Waals surface area contributed by atoms with Gasteiger partial charge < -0.3 is 11.1 Å². The van der Waals surface area contributed by atoms with Gasteiger partial charge in [-0.05, 0) is 43.4 Å². The van der Waals surface area contributed by atoms with Crippen LogP contribution in [0.15, 0.2) is 12.1 Å². The minimum Gasteiger partial charge on any atom is -0.352 e. The highest BCUT2D eigenvalue weighted by atomic mass is 19.1. The first-order valence-electron chi connectivity index (χ1n) is 7.28. The Morgan fingerprint density at radius 2 is 1.90 bits per heavy atom. The summed E-state index contributed by atoms with van der Waals surface area (Å²) in [7, 11) is 0.